The van der Waals surface area contributed by atoms with Gasteiger partial charge in [-0.2, -0.15) is 0 Å². The summed E-state index contributed by atoms with van der Waals surface area (Å²) in [5.41, 5.74) is 2.27. The van der Waals surface area contributed by atoms with Crippen LogP contribution < -0.4 is 9.80 Å². The van der Waals surface area contributed by atoms with Crippen LogP contribution in [0.15, 0.2) is 47.5 Å². The van der Waals surface area contributed by atoms with Gasteiger partial charge in [-0.25, -0.2) is 0 Å². The van der Waals surface area contributed by atoms with E-state index >= 15 is 0 Å². The number of amides is 1. The summed E-state index contributed by atoms with van der Waals surface area (Å²) >= 11 is 1.65. The minimum atomic E-state index is -0.114. The SMILES string of the molecule is CSc1cccc(N(C)C(=O)c2cc(N(C)C)ccn2)c1. The van der Waals surface area contributed by atoms with E-state index in [1.807, 2.05) is 55.6 Å². The molecule has 4 nitrogen and oxygen atoms in total. The molecule has 0 aliphatic carbocycles. The Labute approximate surface area is 129 Å². The number of pyridine rings is 1. The van der Waals surface area contributed by atoms with Crippen molar-refractivity contribution in [1.82, 2.24) is 4.98 Å². The van der Waals surface area contributed by atoms with E-state index in [9.17, 15) is 4.79 Å². The molecule has 2 aromatic rings. The Balaban J connectivity index is 2.28. The summed E-state index contributed by atoms with van der Waals surface area (Å²) < 4.78 is 0. The third-order valence-corrected chi connectivity index (χ3v) is 3.95. The predicted octanol–water partition coefficient (Wildman–Crippen LogP) is 3.15. The second-order valence-corrected chi connectivity index (χ2v) is 5.74. The van der Waals surface area contributed by atoms with Crippen LogP contribution in [0.25, 0.3) is 0 Å². The summed E-state index contributed by atoms with van der Waals surface area (Å²) in [6, 6.07) is 11.6. The van der Waals surface area contributed by atoms with Gasteiger partial charge in [0.1, 0.15) is 5.69 Å². The molecule has 1 aromatic heterocycles. The van der Waals surface area contributed by atoms with Gasteiger partial charge in [0.15, 0.2) is 0 Å². The molecule has 2 rings (SSSR count). The van der Waals surface area contributed by atoms with Crippen LogP contribution in [0, 0.1) is 0 Å². The maximum absolute atomic E-state index is 12.6. The van der Waals surface area contributed by atoms with Crippen LogP contribution in [0.3, 0.4) is 0 Å². The number of hydrogen-bond donors (Lipinski definition) is 0. The Morgan fingerprint density at radius 1 is 1.10 bits per heavy atom. The fourth-order valence-electron chi connectivity index (χ4n) is 1.92. The van der Waals surface area contributed by atoms with Crippen LogP contribution in [-0.4, -0.2) is 38.3 Å². The van der Waals surface area contributed by atoms with Gasteiger partial charge in [-0.3, -0.25) is 9.78 Å². The first kappa shape index (κ1) is 15.4. The topological polar surface area (TPSA) is 36.4 Å². The number of anilines is 2. The van der Waals surface area contributed by atoms with Crippen molar-refractivity contribution < 1.29 is 4.79 Å². The second kappa shape index (κ2) is 6.63. The zero-order valence-electron chi connectivity index (χ0n) is 12.7. The monoisotopic (exact) mass is 301 g/mol. The Kier molecular flexibility index (Phi) is 4.85. The van der Waals surface area contributed by atoms with Gasteiger partial charge in [-0.05, 0) is 36.6 Å². The van der Waals surface area contributed by atoms with Crippen LogP contribution >= 0.6 is 11.8 Å². The first-order valence-electron chi connectivity index (χ1n) is 6.58. The third-order valence-electron chi connectivity index (χ3n) is 3.22. The Morgan fingerprint density at radius 2 is 1.86 bits per heavy atom. The molecule has 0 fully saturated rings. The van der Waals surface area contributed by atoms with Crippen molar-refractivity contribution in [2.24, 2.45) is 0 Å². The molecule has 110 valence electrons. The van der Waals surface area contributed by atoms with Crippen molar-refractivity contribution in [2.45, 2.75) is 4.90 Å². The maximum Gasteiger partial charge on any atom is 0.276 e. The molecule has 5 heteroatoms. The first-order chi connectivity index (χ1) is 10.0. The van der Waals surface area contributed by atoms with E-state index < -0.39 is 0 Å². The number of carbonyl (C=O) groups excluding carboxylic acids is 1. The van der Waals surface area contributed by atoms with Gasteiger partial charge in [-0.15, -0.1) is 11.8 Å². The van der Waals surface area contributed by atoms with Gasteiger partial charge in [0.25, 0.3) is 5.91 Å². The molecule has 0 aliphatic heterocycles. The molecule has 1 aromatic carbocycles. The van der Waals surface area contributed by atoms with E-state index in [1.54, 1.807) is 36.0 Å². The van der Waals surface area contributed by atoms with Gasteiger partial charge in [-0.1, -0.05) is 6.07 Å². The molecule has 0 saturated heterocycles. The average molecular weight is 301 g/mol. The second-order valence-electron chi connectivity index (χ2n) is 4.86. The molecule has 0 N–H and O–H groups in total. The maximum atomic E-state index is 12.6. The number of nitrogens with zero attached hydrogens (tertiary/aromatic N) is 3. The molecule has 0 atom stereocenters. The largest absolute Gasteiger partial charge is 0.378 e. The third kappa shape index (κ3) is 3.55. The molecule has 21 heavy (non-hydrogen) atoms. The van der Waals surface area contributed by atoms with E-state index in [1.165, 1.54) is 0 Å². The lowest BCUT2D eigenvalue weighted by Gasteiger charge is -2.19. The summed E-state index contributed by atoms with van der Waals surface area (Å²) in [4.78, 5) is 21.5. The molecule has 0 aliphatic rings. The minimum absolute atomic E-state index is 0.114. The van der Waals surface area contributed by atoms with Crippen LogP contribution in [0.1, 0.15) is 10.5 Å². The van der Waals surface area contributed by atoms with Gasteiger partial charge in [0, 0.05) is 43.6 Å². The number of aromatic nitrogens is 1. The van der Waals surface area contributed by atoms with Crippen molar-refractivity contribution >= 4 is 29.0 Å². The minimum Gasteiger partial charge on any atom is -0.378 e. The molecule has 0 unspecified atom stereocenters. The number of benzene rings is 1. The van der Waals surface area contributed by atoms with Crippen molar-refractivity contribution in [3.63, 3.8) is 0 Å². The predicted molar refractivity (Wildman–Crippen MR) is 89.5 cm³/mol. The Bertz CT molecular complexity index is 643. The summed E-state index contributed by atoms with van der Waals surface area (Å²) in [5, 5.41) is 0. The highest BCUT2D eigenvalue weighted by molar-refractivity contribution is 7.98. The van der Waals surface area contributed by atoms with Crippen molar-refractivity contribution in [3.8, 4) is 0 Å². The summed E-state index contributed by atoms with van der Waals surface area (Å²) in [6.45, 7) is 0. The van der Waals surface area contributed by atoms with Crippen LogP contribution in [-0.2, 0) is 0 Å². The van der Waals surface area contributed by atoms with E-state index in [2.05, 4.69) is 4.98 Å². The lowest BCUT2D eigenvalue weighted by molar-refractivity contribution is 0.0988. The summed E-state index contributed by atoms with van der Waals surface area (Å²) in [6.07, 6.45) is 3.68. The number of thioether (sulfide) groups is 1. The van der Waals surface area contributed by atoms with Gasteiger partial charge in [0.05, 0.1) is 0 Å². The number of hydrogen-bond acceptors (Lipinski definition) is 4. The van der Waals surface area contributed by atoms with E-state index in [0.29, 0.717) is 5.69 Å². The van der Waals surface area contributed by atoms with Crippen LogP contribution in [0.5, 0.6) is 0 Å². The van der Waals surface area contributed by atoms with Crippen LogP contribution in [0.2, 0.25) is 0 Å². The number of rotatable bonds is 4. The Morgan fingerprint density at radius 3 is 2.52 bits per heavy atom. The molecular formula is C16H19N3OS. The molecule has 0 spiro atoms. The van der Waals surface area contributed by atoms with Crippen molar-refractivity contribution in [1.29, 1.82) is 0 Å². The zero-order chi connectivity index (χ0) is 15.4. The highest BCUT2D eigenvalue weighted by Gasteiger charge is 2.15. The zero-order valence-corrected chi connectivity index (χ0v) is 13.5. The standard InChI is InChI=1S/C16H19N3OS/c1-18(2)12-8-9-17-15(11-12)16(20)19(3)13-6-5-7-14(10-13)21-4/h5-11H,1-4H3. The van der Waals surface area contributed by atoms with Gasteiger partial charge in [0.2, 0.25) is 0 Å². The average Bonchev–Trinajstić information content (AvgIpc) is 2.53. The number of carbonyl (C=O) groups is 1. The summed E-state index contributed by atoms with van der Waals surface area (Å²) in [7, 11) is 5.65. The summed E-state index contributed by atoms with van der Waals surface area (Å²) in [5.74, 6) is -0.114. The quantitative estimate of drug-likeness (QED) is 0.813. The fraction of sp³-hybridized carbons (Fsp3) is 0.250. The van der Waals surface area contributed by atoms with E-state index in [4.69, 9.17) is 0 Å². The molecule has 1 heterocycles. The van der Waals surface area contributed by atoms with Crippen LogP contribution in [0.4, 0.5) is 11.4 Å². The lowest BCUT2D eigenvalue weighted by Crippen LogP contribution is -2.27. The molecular weight excluding hydrogens is 282 g/mol. The van der Waals surface area contributed by atoms with E-state index in [0.717, 1.165) is 16.3 Å². The smallest absolute Gasteiger partial charge is 0.276 e. The Hall–Kier alpha value is -2.01. The first-order valence-corrected chi connectivity index (χ1v) is 7.81. The lowest BCUT2D eigenvalue weighted by atomic mass is 10.2. The van der Waals surface area contributed by atoms with Gasteiger partial charge < -0.3 is 9.80 Å². The van der Waals surface area contributed by atoms with E-state index in [-0.39, 0.29) is 5.91 Å². The molecule has 1 amide bonds. The molecule has 0 bridgehead atoms. The highest BCUT2D eigenvalue weighted by atomic mass is 32.2. The molecule has 0 saturated carbocycles. The van der Waals surface area contributed by atoms with Crippen molar-refractivity contribution in [2.75, 3.05) is 37.2 Å². The normalized spacial score (nSPS) is 10.3. The van der Waals surface area contributed by atoms with Crippen molar-refractivity contribution in [3.05, 3.63) is 48.3 Å². The highest BCUT2D eigenvalue weighted by Crippen LogP contribution is 2.23. The fourth-order valence-corrected chi connectivity index (χ4v) is 2.38. The molecule has 0 radical (unpaired) electrons. The van der Waals surface area contributed by atoms with Gasteiger partial charge >= 0.3 is 0 Å².